The largest absolute Gasteiger partial charge is 0.392 e. The van der Waals surface area contributed by atoms with Crippen molar-refractivity contribution in [1.82, 2.24) is 0 Å². The Morgan fingerprint density at radius 1 is 1.38 bits per heavy atom. The van der Waals surface area contributed by atoms with Gasteiger partial charge >= 0.3 is 0 Å². The van der Waals surface area contributed by atoms with Gasteiger partial charge in [-0.3, -0.25) is 0 Å². The molecule has 2 aliphatic carbocycles. The molecule has 0 radical (unpaired) electrons. The standard InChI is InChI=1S/C12H20O/c1-8(2)7-11(13)12-9-5-3-4-6-10(9)12/h9-13H,1,3-7H2,2H3. The molecular weight excluding hydrogens is 160 g/mol. The molecule has 1 heteroatoms. The molecule has 0 saturated heterocycles. The first-order valence-electron chi connectivity index (χ1n) is 5.52. The van der Waals surface area contributed by atoms with E-state index in [4.69, 9.17) is 0 Å². The van der Waals surface area contributed by atoms with Crippen molar-refractivity contribution in [3.8, 4) is 0 Å². The number of rotatable bonds is 3. The van der Waals surface area contributed by atoms with Gasteiger partial charge in [0.2, 0.25) is 0 Å². The minimum atomic E-state index is -0.0920. The van der Waals surface area contributed by atoms with E-state index in [0.717, 1.165) is 23.8 Å². The predicted molar refractivity (Wildman–Crippen MR) is 54.4 cm³/mol. The Morgan fingerprint density at radius 3 is 2.38 bits per heavy atom. The van der Waals surface area contributed by atoms with E-state index in [9.17, 15) is 5.11 Å². The zero-order valence-corrected chi connectivity index (χ0v) is 8.50. The van der Waals surface area contributed by atoms with Gasteiger partial charge in [-0.15, -0.1) is 6.58 Å². The van der Waals surface area contributed by atoms with Crippen LogP contribution in [0.2, 0.25) is 0 Å². The van der Waals surface area contributed by atoms with Crippen LogP contribution in [0.4, 0.5) is 0 Å². The van der Waals surface area contributed by atoms with Crippen molar-refractivity contribution >= 4 is 0 Å². The molecule has 13 heavy (non-hydrogen) atoms. The molecule has 2 saturated carbocycles. The molecule has 1 N–H and O–H groups in total. The number of hydrogen-bond acceptors (Lipinski definition) is 1. The Hall–Kier alpha value is -0.300. The van der Waals surface area contributed by atoms with Gasteiger partial charge in [-0.2, -0.15) is 0 Å². The average molecular weight is 180 g/mol. The van der Waals surface area contributed by atoms with Crippen LogP contribution in [0.1, 0.15) is 39.0 Å². The normalized spacial score (nSPS) is 39.4. The van der Waals surface area contributed by atoms with Gasteiger partial charge in [-0.05, 0) is 43.9 Å². The van der Waals surface area contributed by atoms with Crippen LogP contribution < -0.4 is 0 Å². The molecule has 3 unspecified atom stereocenters. The summed E-state index contributed by atoms with van der Waals surface area (Å²) in [6.07, 6.45) is 6.23. The van der Waals surface area contributed by atoms with Gasteiger partial charge < -0.3 is 5.11 Å². The first kappa shape index (κ1) is 9.26. The first-order chi connectivity index (χ1) is 6.20. The maximum Gasteiger partial charge on any atom is 0.0610 e. The second-order valence-electron chi connectivity index (χ2n) is 4.92. The van der Waals surface area contributed by atoms with Crippen LogP contribution in [0.15, 0.2) is 12.2 Å². The maximum atomic E-state index is 9.93. The summed E-state index contributed by atoms with van der Waals surface area (Å²) in [5, 5.41) is 9.93. The number of fused-ring (bicyclic) bond motifs is 1. The second-order valence-corrected chi connectivity index (χ2v) is 4.92. The summed E-state index contributed by atoms with van der Waals surface area (Å²) in [5.74, 6) is 2.35. The smallest absolute Gasteiger partial charge is 0.0610 e. The third kappa shape index (κ3) is 1.80. The van der Waals surface area contributed by atoms with Crippen molar-refractivity contribution in [3.63, 3.8) is 0 Å². The SMILES string of the molecule is C=C(C)CC(O)C1C2CCCCC21. The van der Waals surface area contributed by atoms with Gasteiger partial charge in [0.25, 0.3) is 0 Å². The molecule has 0 aromatic heterocycles. The maximum absolute atomic E-state index is 9.93. The first-order valence-corrected chi connectivity index (χ1v) is 5.52. The second kappa shape index (κ2) is 3.45. The minimum absolute atomic E-state index is 0.0920. The molecular formula is C12H20O. The summed E-state index contributed by atoms with van der Waals surface area (Å²) in [7, 11) is 0. The lowest BCUT2D eigenvalue weighted by atomic mass is 10.0. The highest BCUT2D eigenvalue weighted by Gasteiger charge is 2.53. The number of aliphatic hydroxyl groups excluding tert-OH is 1. The third-order valence-corrected chi connectivity index (χ3v) is 3.72. The van der Waals surface area contributed by atoms with E-state index in [1.807, 2.05) is 6.92 Å². The van der Waals surface area contributed by atoms with E-state index in [1.54, 1.807) is 0 Å². The Morgan fingerprint density at radius 2 is 1.92 bits per heavy atom. The third-order valence-electron chi connectivity index (χ3n) is 3.72. The lowest BCUT2D eigenvalue weighted by Gasteiger charge is -2.09. The highest BCUT2D eigenvalue weighted by Crippen LogP contribution is 2.57. The van der Waals surface area contributed by atoms with E-state index in [2.05, 4.69) is 6.58 Å². The van der Waals surface area contributed by atoms with Crippen LogP contribution in [0.3, 0.4) is 0 Å². The van der Waals surface area contributed by atoms with Gasteiger partial charge in [0.05, 0.1) is 6.10 Å². The highest BCUT2D eigenvalue weighted by atomic mass is 16.3. The van der Waals surface area contributed by atoms with Crippen molar-refractivity contribution in [3.05, 3.63) is 12.2 Å². The fraction of sp³-hybridized carbons (Fsp3) is 0.833. The topological polar surface area (TPSA) is 20.2 Å². The quantitative estimate of drug-likeness (QED) is 0.662. The molecule has 2 fully saturated rings. The van der Waals surface area contributed by atoms with Gasteiger partial charge in [0, 0.05) is 0 Å². The van der Waals surface area contributed by atoms with E-state index < -0.39 is 0 Å². The van der Waals surface area contributed by atoms with Crippen molar-refractivity contribution in [2.45, 2.75) is 45.1 Å². The summed E-state index contributed by atoms with van der Waals surface area (Å²) < 4.78 is 0. The number of aliphatic hydroxyl groups is 1. The molecule has 3 atom stereocenters. The summed E-state index contributed by atoms with van der Waals surface area (Å²) in [4.78, 5) is 0. The lowest BCUT2D eigenvalue weighted by molar-refractivity contribution is 0.140. The van der Waals surface area contributed by atoms with E-state index >= 15 is 0 Å². The molecule has 0 aromatic carbocycles. The van der Waals surface area contributed by atoms with Crippen molar-refractivity contribution in [2.75, 3.05) is 0 Å². The van der Waals surface area contributed by atoms with E-state index in [0.29, 0.717) is 5.92 Å². The molecule has 0 heterocycles. The van der Waals surface area contributed by atoms with E-state index in [1.165, 1.54) is 25.7 Å². The zero-order chi connectivity index (χ0) is 9.42. The van der Waals surface area contributed by atoms with Crippen molar-refractivity contribution in [2.24, 2.45) is 17.8 Å². The molecule has 0 aromatic rings. The van der Waals surface area contributed by atoms with Gasteiger partial charge in [0.1, 0.15) is 0 Å². The minimum Gasteiger partial charge on any atom is -0.392 e. The van der Waals surface area contributed by atoms with E-state index in [-0.39, 0.29) is 6.10 Å². The van der Waals surface area contributed by atoms with Crippen molar-refractivity contribution in [1.29, 1.82) is 0 Å². The van der Waals surface area contributed by atoms with Crippen LogP contribution in [0.25, 0.3) is 0 Å². The molecule has 2 rings (SSSR count). The molecule has 74 valence electrons. The Balaban J connectivity index is 1.85. The summed E-state index contributed by atoms with van der Waals surface area (Å²) in [5.41, 5.74) is 1.12. The van der Waals surface area contributed by atoms with Gasteiger partial charge in [-0.1, -0.05) is 18.4 Å². The van der Waals surface area contributed by atoms with Crippen LogP contribution in [-0.2, 0) is 0 Å². The number of hydrogen-bond donors (Lipinski definition) is 1. The van der Waals surface area contributed by atoms with Crippen LogP contribution >= 0.6 is 0 Å². The van der Waals surface area contributed by atoms with Crippen LogP contribution in [-0.4, -0.2) is 11.2 Å². The predicted octanol–water partition coefficient (Wildman–Crippen LogP) is 2.75. The Kier molecular flexibility index (Phi) is 2.46. The lowest BCUT2D eigenvalue weighted by Crippen LogP contribution is -2.11. The highest BCUT2D eigenvalue weighted by molar-refractivity contribution is 5.05. The zero-order valence-electron chi connectivity index (χ0n) is 8.50. The van der Waals surface area contributed by atoms with Crippen LogP contribution in [0, 0.1) is 17.8 Å². The monoisotopic (exact) mass is 180 g/mol. The molecule has 2 aliphatic rings. The van der Waals surface area contributed by atoms with Crippen LogP contribution in [0.5, 0.6) is 0 Å². The summed E-state index contributed by atoms with van der Waals surface area (Å²) in [6, 6.07) is 0. The van der Waals surface area contributed by atoms with Gasteiger partial charge in [-0.25, -0.2) is 0 Å². The molecule has 0 aliphatic heterocycles. The molecule has 0 amide bonds. The molecule has 1 nitrogen and oxygen atoms in total. The Bertz CT molecular complexity index is 197. The molecule has 0 spiro atoms. The summed E-state index contributed by atoms with van der Waals surface area (Å²) in [6.45, 7) is 5.87. The summed E-state index contributed by atoms with van der Waals surface area (Å²) >= 11 is 0. The Labute approximate surface area is 80.8 Å². The fourth-order valence-electron chi connectivity index (χ4n) is 3.11. The van der Waals surface area contributed by atoms with Crippen molar-refractivity contribution < 1.29 is 5.11 Å². The molecule has 0 bridgehead atoms. The average Bonchev–Trinajstić information content (AvgIpc) is 2.76. The van der Waals surface area contributed by atoms with Gasteiger partial charge in [0.15, 0.2) is 0 Å². The fourth-order valence-corrected chi connectivity index (χ4v) is 3.11.